The van der Waals surface area contributed by atoms with Gasteiger partial charge in [-0.05, 0) is 51.9 Å². The molecule has 2 nitrogen and oxygen atoms in total. The molecular weight excluding hydrogens is 222 g/mol. The van der Waals surface area contributed by atoms with E-state index in [9.17, 15) is 0 Å². The Bertz CT molecular complexity index is 281. The molecule has 3 atom stereocenters. The molecule has 0 saturated heterocycles. The molecule has 1 N–H and O–H groups in total. The molecule has 0 bridgehead atoms. The van der Waals surface area contributed by atoms with Crippen LogP contribution in [0.4, 0.5) is 0 Å². The summed E-state index contributed by atoms with van der Waals surface area (Å²) in [5.74, 6) is 0.938. The van der Waals surface area contributed by atoms with E-state index in [2.05, 4.69) is 19.2 Å². The van der Waals surface area contributed by atoms with Gasteiger partial charge in [0.25, 0.3) is 0 Å². The summed E-state index contributed by atoms with van der Waals surface area (Å²) >= 11 is 0. The first-order chi connectivity index (χ1) is 8.76. The van der Waals surface area contributed by atoms with Crippen LogP contribution in [-0.2, 0) is 4.74 Å². The van der Waals surface area contributed by atoms with Crippen molar-refractivity contribution in [2.75, 3.05) is 6.61 Å². The van der Waals surface area contributed by atoms with Crippen LogP contribution in [0.1, 0.15) is 65.2 Å². The first-order valence-electron chi connectivity index (χ1n) is 8.14. The average Bonchev–Trinajstić information content (AvgIpc) is 2.78. The third-order valence-electron chi connectivity index (χ3n) is 6.01. The molecule has 0 amide bonds. The minimum atomic E-state index is 0.531. The summed E-state index contributed by atoms with van der Waals surface area (Å²) in [6.45, 7) is 5.43. The summed E-state index contributed by atoms with van der Waals surface area (Å²) in [5, 5.41) is 3.96. The smallest absolute Gasteiger partial charge is 0.0661 e. The number of hydrogen-bond donors (Lipinski definition) is 1. The second-order valence-corrected chi connectivity index (χ2v) is 6.82. The lowest BCUT2D eigenvalue weighted by molar-refractivity contribution is -0.175. The van der Waals surface area contributed by atoms with Gasteiger partial charge in [-0.15, -0.1) is 0 Å². The summed E-state index contributed by atoms with van der Waals surface area (Å²) in [4.78, 5) is 0. The second-order valence-electron chi connectivity index (χ2n) is 6.82. The van der Waals surface area contributed by atoms with Gasteiger partial charge in [-0.2, -0.15) is 0 Å². The van der Waals surface area contributed by atoms with E-state index in [1.165, 1.54) is 51.4 Å². The third kappa shape index (κ3) is 2.02. The van der Waals surface area contributed by atoms with Crippen LogP contribution >= 0.6 is 0 Å². The van der Waals surface area contributed by atoms with Crippen LogP contribution in [0.5, 0.6) is 0 Å². The van der Waals surface area contributed by atoms with Gasteiger partial charge in [-0.3, -0.25) is 0 Å². The molecule has 2 unspecified atom stereocenters. The maximum atomic E-state index is 5.93. The lowest BCUT2D eigenvalue weighted by atomic mass is 9.51. The maximum Gasteiger partial charge on any atom is 0.0661 e. The summed E-state index contributed by atoms with van der Waals surface area (Å²) < 4.78 is 5.93. The monoisotopic (exact) mass is 251 g/mol. The molecule has 3 saturated carbocycles. The van der Waals surface area contributed by atoms with E-state index >= 15 is 0 Å². The van der Waals surface area contributed by atoms with Crippen molar-refractivity contribution in [2.24, 2.45) is 11.3 Å². The van der Waals surface area contributed by atoms with Crippen LogP contribution < -0.4 is 5.32 Å². The Balaban J connectivity index is 1.54. The van der Waals surface area contributed by atoms with E-state index in [-0.39, 0.29) is 0 Å². The van der Waals surface area contributed by atoms with Crippen molar-refractivity contribution in [3.05, 3.63) is 0 Å². The molecular formula is C16H29NO. The van der Waals surface area contributed by atoms with Gasteiger partial charge < -0.3 is 10.1 Å². The van der Waals surface area contributed by atoms with Crippen molar-refractivity contribution in [2.45, 2.75) is 83.4 Å². The molecule has 1 spiro atoms. The molecule has 0 radical (unpaired) electrons. The van der Waals surface area contributed by atoms with E-state index in [4.69, 9.17) is 4.74 Å². The highest BCUT2D eigenvalue weighted by atomic mass is 16.5. The maximum absolute atomic E-state index is 5.93. The second kappa shape index (κ2) is 5.13. The molecule has 3 fully saturated rings. The van der Waals surface area contributed by atoms with Gasteiger partial charge in [0.1, 0.15) is 0 Å². The Morgan fingerprint density at radius 1 is 1.22 bits per heavy atom. The van der Waals surface area contributed by atoms with Crippen molar-refractivity contribution in [3.8, 4) is 0 Å². The first kappa shape index (κ1) is 12.9. The van der Waals surface area contributed by atoms with Crippen molar-refractivity contribution >= 4 is 0 Å². The van der Waals surface area contributed by atoms with Gasteiger partial charge in [0.05, 0.1) is 6.10 Å². The minimum absolute atomic E-state index is 0.531. The standard InChI is InChI=1S/C16H29NO/c1-3-18-15-11-14(16(15)9-6-10-16)17-12(2)13-7-4-5-8-13/h12-15,17H,3-11H2,1-2H3/t12-,14?,15?/m0/s1. The number of nitrogens with one attached hydrogen (secondary N) is 1. The highest BCUT2D eigenvalue weighted by Gasteiger charge is 2.59. The lowest BCUT2D eigenvalue weighted by Crippen LogP contribution is -2.68. The van der Waals surface area contributed by atoms with Gasteiger partial charge in [-0.1, -0.05) is 19.3 Å². The zero-order chi connectivity index (χ0) is 12.6. The fourth-order valence-corrected chi connectivity index (χ4v) is 4.58. The van der Waals surface area contributed by atoms with Crippen molar-refractivity contribution in [3.63, 3.8) is 0 Å². The molecule has 2 heteroatoms. The van der Waals surface area contributed by atoms with Crippen molar-refractivity contribution < 1.29 is 4.74 Å². The first-order valence-corrected chi connectivity index (χ1v) is 8.14. The van der Waals surface area contributed by atoms with Gasteiger partial charge in [-0.25, -0.2) is 0 Å². The highest BCUT2D eigenvalue weighted by molar-refractivity contribution is 5.12. The van der Waals surface area contributed by atoms with Crippen LogP contribution in [0.3, 0.4) is 0 Å². The molecule has 3 aliphatic rings. The van der Waals surface area contributed by atoms with Gasteiger partial charge in [0.15, 0.2) is 0 Å². The Kier molecular flexibility index (Phi) is 3.68. The molecule has 3 aliphatic carbocycles. The zero-order valence-electron chi connectivity index (χ0n) is 12.1. The summed E-state index contributed by atoms with van der Waals surface area (Å²) in [7, 11) is 0. The molecule has 0 aromatic carbocycles. The average molecular weight is 251 g/mol. The number of rotatable bonds is 5. The van der Waals surface area contributed by atoms with Gasteiger partial charge in [0, 0.05) is 24.1 Å². The largest absolute Gasteiger partial charge is 0.378 e. The minimum Gasteiger partial charge on any atom is -0.378 e. The number of hydrogen-bond acceptors (Lipinski definition) is 2. The molecule has 0 aromatic rings. The fraction of sp³-hybridized carbons (Fsp3) is 1.00. The van der Waals surface area contributed by atoms with Crippen LogP contribution in [0, 0.1) is 11.3 Å². The lowest BCUT2D eigenvalue weighted by Gasteiger charge is -2.62. The van der Waals surface area contributed by atoms with E-state index in [1.54, 1.807) is 0 Å². The Morgan fingerprint density at radius 3 is 2.50 bits per heavy atom. The zero-order valence-corrected chi connectivity index (χ0v) is 12.1. The fourth-order valence-electron chi connectivity index (χ4n) is 4.58. The third-order valence-corrected chi connectivity index (χ3v) is 6.01. The van der Waals surface area contributed by atoms with Crippen LogP contribution in [0.2, 0.25) is 0 Å². The van der Waals surface area contributed by atoms with Crippen LogP contribution in [0.15, 0.2) is 0 Å². The van der Waals surface area contributed by atoms with Crippen LogP contribution in [0.25, 0.3) is 0 Å². The van der Waals surface area contributed by atoms with Crippen molar-refractivity contribution in [1.29, 1.82) is 0 Å². The molecule has 0 aliphatic heterocycles. The molecule has 0 aromatic heterocycles. The van der Waals surface area contributed by atoms with E-state index < -0.39 is 0 Å². The molecule has 3 rings (SSSR count). The molecule has 0 heterocycles. The van der Waals surface area contributed by atoms with E-state index in [0.717, 1.165) is 24.6 Å². The summed E-state index contributed by atoms with van der Waals surface area (Å²) in [5.41, 5.74) is 0.531. The van der Waals surface area contributed by atoms with Gasteiger partial charge >= 0.3 is 0 Å². The Hall–Kier alpha value is -0.0800. The van der Waals surface area contributed by atoms with E-state index in [1.807, 2.05) is 0 Å². The number of ether oxygens (including phenoxy) is 1. The Labute approximate surface area is 112 Å². The highest BCUT2D eigenvalue weighted by Crippen LogP contribution is 2.57. The summed E-state index contributed by atoms with van der Waals surface area (Å²) in [6, 6.07) is 1.47. The predicted octanol–water partition coefficient (Wildman–Crippen LogP) is 3.50. The van der Waals surface area contributed by atoms with Crippen LogP contribution in [-0.4, -0.2) is 24.8 Å². The van der Waals surface area contributed by atoms with E-state index in [0.29, 0.717) is 11.5 Å². The quantitative estimate of drug-likeness (QED) is 0.807. The van der Waals surface area contributed by atoms with Crippen molar-refractivity contribution in [1.82, 2.24) is 5.32 Å². The topological polar surface area (TPSA) is 21.3 Å². The summed E-state index contributed by atoms with van der Waals surface area (Å²) in [6.07, 6.45) is 11.8. The molecule has 18 heavy (non-hydrogen) atoms. The van der Waals surface area contributed by atoms with Gasteiger partial charge in [0.2, 0.25) is 0 Å². The SMILES string of the molecule is CCOC1CC(N[C@@H](C)C2CCCC2)C12CCC2. The normalized spacial score (nSPS) is 36.3. The molecule has 104 valence electrons. The predicted molar refractivity (Wildman–Crippen MR) is 74.7 cm³/mol. The Morgan fingerprint density at radius 2 is 1.94 bits per heavy atom.